The first kappa shape index (κ1) is 17.9. The molecule has 3 rings (SSSR count). The highest BCUT2D eigenvalue weighted by molar-refractivity contribution is 5.96. The summed E-state index contributed by atoms with van der Waals surface area (Å²) in [5.74, 6) is -0.225. The number of nitrogens with zero attached hydrogens (tertiary/aromatic N) is 3. The number of hydrogen-bond donors (Lipinski definition) is 0. The number of benzene rings is 2. The van der Waals surface area contributed by atoms with E-state index < -0.39 is 4.92 Å². The zero-order chi connectivity index (χ0) is 18.7. The molecule has 136 valence electrons. The monoisotopic (exact) mass is 353 g/mol. The van der Waals surface area contributed by atoms with Gasteiger partial charge in [0.15, 0.2) is 0 Å². The second-order valence-corrected chi connectivity index (χ2v) is 6.66. The number of anilines is 1. The van der Waals surface area contributed by atoms with Crippen LogP contribution in [0.1, 0.15) is 41.7 Å². The van der Waals surface area contributed by atoms with Crippen LogP contribution in [0.15, 0.2) is 48.5 Å². The molecule has 2 aromatic carbocycles. The maximum atomic E-state index is 12.9. The first-order valence-corrected chi connectivity index (χ1v) is 8.84. The van der Waals surface area contributed by atoms with E-state index in [0.717, 1.165) is 31.5 Å². The molecule has 1 fully saturated rings. The molecular formula is C20H23N3O3. The predicted octanol–water partition coefficient (Wildman–Crippen LogP) is 4.03. The molecule has 1 amide bonds. The van der Waals surface area contributed by atoms with Gasteiger partial charge in [0, 0.05) is 31.8 Å². The smallest absolute Gasteiger partial charge is 0.293 e. The molecule has 2 aromatic rings. The summed E-state index contributed by atoms with van der Waals surface area (Å²) in [5, 5.41) is 11.5. The summed E-state index contributed by atoms with van der Waals surface area (Å²) in [5.41, 5.74) is 1.96. The highest BCUT2D eigenvalue weighted by atomic mass is 16.6. The third kappa shape index (κ3) is 3.54. The Hall–Kier alpha value is -2.89. The summed E-state index contributed by atoms with van der Waals surface area (Å²) in [4.78, 5) is 27.6. The Morgan fingerprint density at radius 1 is 1.15 bits per heavy atom. The molecule has 6 nitrogen and oxygen atoms in total. The molecule has 0 aliphatic carbocycles. The fourth-order valence-electron chi connectivity index (χ4n) is 3.36. The van der Waals surface area contributed by atoms with Gasteiger partial charge in [-0.05, 0) is 37.5 Å². The quantitative estimate of drug-likeness (QED) is 0.601. The van der Waals surface area contributed by atoms with Gasteiger partial charge in [0.1, 0.15) is 5.69 Å². The molecule has 0 radical (unpaired) electrons. The van der Waals surface area contributed by atoms with E-state index in [1.165, 1.54) is 6.07 Å². The van der Waals surface area contributed by atoms with E-state index >= 15 is 0 Å². The molecule has 0 N–H and O–H groups in total. The van der Waals surface area contributed by atoms with Crippen molar-refractivity contribution in [1.29, 1.82) is 0 Å². The summed E-state index contributed by atoms with van der Waals surface area (Å²) in [6.45, 7) is 3.58. The van der Waals surface area contributed by atoms with Gasteiger partial charge in [0.05, 0.1) is 11.0 Å². The molecule has 0 saturated carbocycles. The Balaban J connectivity index is 1.87. The maximum Gasteiger partial charge on any atom is 0.293 e. The Bertz CT molecular complexity index is 801. The van der Waals surface area contributed by atoms with Gasteiger partial charge in [0.25, 0.3) is 11.6 Å². The van der Waals surface area contributed by atoms with Gasteiger partial charge in [-0.15, -0.1) is 0 Å². The molecule has 1 heterocycles. The standard InChI is InChI=1S/C20H23N3O3/c1-15(16-8-4-3-5-9-16)21(2)20(24)17-10-11-18(19(14-17)23(25)26)22-12-6-7-13-22/h3-5,8-11,14-15H,6-7,12-13H2,1-2H3. The summed E-state index contributed by atoms with van der Waals surface area (Å²) in [7, 11) is 1.72. The molecule has 0 bridgehead atoms. The van der Waals surface area contributed by atoms with Crippen molar-refractivity contribution >= 4 is 17.3 Å². The zero-order valence-electron chi connectivity index (χ0n) is 15.1. The molecule has 1 aliphatic rings. The number of nitro benzene ring substituents is 1. The van der Waals surface area contributed by atoms with Crippen molar-refractivity contribution in [2.45, 2.75) is 25.8 Å². The maximum absolute atomic E-state index is 12.9. The fourth-order valence-corrected chi connectivity index (χ4v) is 3.36. The first-order chi connectivity index (χ1) is 12.5. The lowest BCUT2D eigenvalue weighted by atomic mass is 10.1. The van der Waals surface area contributed by atoms with Crippen LogP contribution >= 0.6 is 0 Å². The minimum absolute atomic E-state index is 0.00138. The lowest BCUT2D eigenvalue weighted by molar-refractivity contribution is -0.384. The van der Waals surface area contributed by atoms with Crippen molar-refractivity contribution in [2.24, 2.45) is 0 Å². The molecule has 1 aliphatic heterocycles. The minimum Gasteiger partial charge on any atom is -0.366 e. The molecule has 1 atom stereocenters. The predicted molar refractivity (Wildman–Crippen MR) is 101 cm³/mol. The van der Waals surface area contributed by atoms with E-state index in [1.807, 2.05) is 42.2 Å². The van der Waals surface area contributed by atoms with E-state index in [9.17, 15) is 14.9 Å². The highest BCUT2D eigenvalue weighted by Crippen LogP contribution is 2.32. The van der Waals surface area contributed by atoms with E-state index in [4.69, 9.17) is 0 Å². The Kier molecular flexibility index (Phi) is 5.21. The second-order valence-electron chi connectivity index (χ2n) is 6.66. The van der Waals surface area contributed by atoms with Crippen molar-refractivity contribution in [3.05, 3.63) is 69.8 Å². The minimum atomic E-state index is -0.398. The second kappa shape index (κ2) is 7.56. The van der Waals surface area contributed by atoms with Crippen LogP contribution in [0.3, 0.4) is 0 Å². The van der Waals surface area contributed by atoms with Gasteiger partial charge in [-0.1, -0.05) is 30.3 Å². The molecular weight excluding hydrogens is 330 g/mol. The van der Waals surface area contributed by atoms with Crippen LogP contribution in [-0.4, -0.2) is 35.9 Å². The topological polar surface area (TPSA) is 66.7 Å². The van der Waals surface area contributed by atoms with Crippen LogP contribution in [0, 0.1) is 10.1 Å². The third-order valence-corrected chi connectivity index (χ3v) is 5.05. The SMILES string of the molecule is CC(c1ccccc1)N(C)C(=O)c1ccc(N2CCCC2)c([N+](=O)[O-])c1. The van der Waals surface area contributed by atoms with Crippen molar-refractivity contribution in [2.75, 3.05) is 25.0 Å². The Morgan fingerprint density at radius 2 is 1.81 bits per heavy atom. The first-order valence-electron chi connectivity index (χ1n) is 8.84. The molecule has 26 heavy (non-hydrogen) atoms. The van der Waals surface area contributed by atoms with Crippen LogP contribution in [0.4, 0.5) is 11.4 Å². The van der Waals surface area contributed by atoms with Crippen molar-refractivity contribution < 1.29 is 9.72 Å². The lowest BCUT2D eigenvalue weighted by Crippen LogP contribution is -2.29. The lowest BCUT2D eigenvalue weighted by Gasteiger charge is -2.26. The highest BCUT2D eigenvalue weighted by Gasteiger charge is 2.26. The van der Waals surface area contributed by atoms with Gasteiger partial charge in [-0.2, -0.15) is 0 Å². The average molecular weight is 353 g/mol. The Labute approximate surface area is 153 Å². The fraction of sp³-hybridized carbons (Fsp3) is 0.350. The number of nitro groups is 1. The summed E-state index contributed by atoms with van der Waals surface area (Å²) < 4.78 is 0. The van der Waals surface area contributed by atoms with E-state index in [0.29, 0.717) is 11.3 Å². The number of hydrogen-bond acceptors (Lipinski definition) is 4. The number of rotatable bonds is 5. The van der Waals surface area contributed by atoms with Crippen LogP contribution < -0.4 is 4.90 Å². The Morgan fingerprint density at radius 3 is 2.42 bits per heavy atom. The number of carbonyl (C=O) groups is 1. The van der Waals surface area contributed by atoms with E-state index in [2.05, 4.69) is 0 Å². The van der Waals surface area contributed by atoms with Crippen LogP contribution in [-0.2, 0) is 0 Å². The van der Waals surface area contributed by atoms with Gasteiger partial charge >= 0.3 is 0 Å². The average Bonchev–Trinajstić information content (AvgIpc) is 3.21. The van der Waals surface area contributed by atoms with Crippen LogP contribution in [0.2, 0.25) is 0 Å². The number of carbonyl (C=O) groups excluding carboxylic acids is 1. The van der Waals surface area contributed by atoms with Gasteiger partial charge < -0.3 is 9.80 Å². The van der Waals surface area contributed by atoms with Gasteiger partial charge in [-0.25, -0.2) is 0 Å². The zero-order valence-corrected chi connectivity index (χ0v) is 15.1. The molecule has 6 heteroatoms. The third-order valence-electron chi connectivity index (χ3n) is 5.05. The van der Waals surface area contributed by atoms with Crippen molar-refractivity contribution in [3.63, 3.8) is 0 Å². The van der Waals surface area contributed by atoms with Gasteiger partial charge in [-0.3, -0.25) is 14.9 Å². The summed E-state index contributed by atoms with van der Waals surface area (Å²) in [6, 6.07) is 14.4. The molecule has 0 aromatic heterocycles. The summed E-state index contributed by atoms with van der Waals surface area (Å²) in [6.07, 6.45) is 2.07. The molecule has 0 spiro atoms. The van der Waals surface area contributed by atoms with Gasteiger partial charge in [0.2, 0.25) is 0 Å². The normalized spacial score (nSPS) is 14.9. The number of amides is 1. The summed E-state index contributed by atoms with van der Waals surface area (Å²) >= 11 is 0. The van der Waals surface area contributed by atoms with E-state index in [1.54, 1.807) is 24.1 Å². The molecule has 1 saturated heterocycles. The van der Waals surface area contributed by atoms with E-state index in [-0.39, 0.29) is 17.6 Å². The molecule has 1 unspecified atom stereocenters. The van der Waals surface area contributed by atoms with Crippen molar-refractivity contribution in [1.82, 2.24) is 4.90 Å². The largest absolute Gasteiger partial charge is 0.366 e. The van der Waals surface area contributed by atoms with Crippen LogP contribution in [0.5, 0.6) is 0 Å². The van der Waals surface area contributed by atoms with Crippen molar-refractivity contribution in [3.8, 4) is 0 Å². The van der Waals surface area contributed by atoms with Crippen LogP contribution in [0.25, 0.3) is 0 Å².